The number of halogens is 11. The molecule has 1 N–H and O–H groups in total. The highest BCUT2D eigenvalue weighted by Gasteiger charge is 2.78. The Labute approximate surface area is 113 Å². The Morgan fingerprint density at radius 1 is 0.818 bits per heavy atom. The van der Waals surface area contributed by atoms with Gasteiger partial charge in [-0.05, 0) is 0 Å². The lowest BCUT2D eigenvalue weighted by Gasteiger charge is -2.34. The molecule has 0 aromatic rings. The first kappa shape index (κ1) is 20.7. The zero-order valence-corrected chi connectivity index (χ0v) is 9.84. The van der Waals surface area contributed by atoms with Gasteiger partial charge in [-0.1, -0.05) is 0 Å². The average molecular weight is 358 g/mol. The Balaban J connectivity index is 5.61. The highest BCUT2D eigenvalue weighted by atomic mass is 19.4. The maximum Gasteiger partial charge on any atom is 0.462 e. The highest BCUT2D eigenvalue weighted by Crippen LogP contribution is 2.51. The van der Waals surface area contributed by atoms with Crippen molar-refractivity contribution < 1.29 is 62.9 Å². The second kappa shape index (κ2) is 5.70. The molecular weight excluding hydrogens is 353 g/mol. The predicted molar refractivity (Wildman–Crippen MR) is 43.8 cm³/mol. The fraction of sp³-hybridized carbons (Fsp3) is 0.875. The molecule has 0 aliphatic carbocycles. The molecule has 0 heterocycles. The summed E-state index contributed by atoms with van der Waals surface area (Å²) in [6, 6.07) is 0. The Kier molecular flexibility index (Phi) is 5.35. The number of rotatable bonds is 6. The largest absolute Gasteiger partial charge is 0.481 e. The van der Waals surface area contributed by atoms with Gasteiger partial charge in [-0.2, -0.15) is 43.9 Å². The molecule has 0 amide bonds. The second-order valence-corrected chi connectivity index (χ2v) is 3.81. The van der Waals surface area contributed by atoms with Crippen LogP contribution in [-0.2, 0) is 9.53 Å². The smallest absolute Gasteiger partial charge is 0.462 e. The van der Waals surface area contributed by atoms with Crippen LogP contribution in [0.3, 0.4) is 0 Å². The van der Waals surface area contributed by atoms with Crippen LogP contribution < -0.4 is 0 Å². The predicted octanol–water partition coefficient (Wildman–Crippen LogP) is 3.89. The molecule has 0 radical (unpaired) electrons. The van der Waals surface area contributed by atoms with E-state index < -0.39 is 49.0 Å². The van der Waals surface area contributed by atoms with Crippen molar-refractivity contribution in [3.05, 3.63) is 0 Å². The van der Waals surface area contributed by atoms with Gasteiger partial charge in [0.25, 0.3) is 0 Å². The van der Waals surface area contributed by atoms with Gasteiger partial charge in [0.15, 0.2) is 0 Å². The Morgan fingerprint density at radius 3 is 1.50 bits per heavy atom. The molecular formula is C8H5F11O3. The van der Waals surface area contributed by atoms with E-state index in [9.17, 15) is 53.1 Å². The number of alkyl halides is 11. The van der Waals surface area contributed by atoms with Gasteiger partial charge in [-0.3, -0.25) is 9.53 Å². The van der Waals surface area contributed by atoms with Crippen molar-refractivity contribution in [2.24, 2.45) is 0 Å². The summed E-state index contributed by atoms with van der Waals surface area (Å²) in [5.41, 5.74) is 0. The lowest BCUT2D eigenvalue weighted by molar-refractivity contribution is -0.483. The summed E-state index contributed by atoms with van der Waals surface area (Å²) in [6.07, 6.45) is -24.8. The molecule has 0 saturated carbocycles. The van der Waals surface area contributed by atoms with Gasteiger partial charge in [-0.25, -0.2) is 4.39 Å². The van der Waals surface area contributed by atoms with Crippen molar-refractivity contribution in [2.75, 3.05) is 0 Å². The average Bonchev–Trinajstić information content (AvgIpc) is 2.22. The molecule has 14 heteroatoms. The third-order valence-corrected chi connectivity index (χ3v) is 2.10. The van der Waals surface area contributed by atoms with Crippen LogP contribution in [0.2, 0.25) is 0 Å². The van der Waals surface area contributed by atoms with Crippen molar-refractivity contribution in [2.45, 2.75) is 43.1 Å². The number of carbonyl (C=O) groups is 1. The third kappa shape index (κ3) is 4.10. The number of carboxylic acid groups (broad SMARTS) is 1. The van der Waals surface area contributed by atoms with E-state index in [1.54, 1.807) is 0 Å². The first-order valence-corrected chi connectivity index (χ1v) is 4.87. The summed E-state index contributed by atoms with van der Waals surface area (Å²) in [6.45, 7) is 0. The van der Waals surface area contributed by atoms with E-state index in [0.29, 0.717) is 0 Å². The van der Waals surface area contributed by atoms with Crippen LogP contribution in [0.15, 0.2) is 0 Å². The topological polar surface area (TPSA) is 46.5 Å². The number of carboxylic acids is 1. The maximum absolute atomic E-state index is 13.3. The minimum Gasteiger partial charge on any atom is -0.481 e. The van der Waals surface area contributed by atoms with Gasteiger partial charge in [-0.15, -0.1) is 0 Å². The standard InChI is InChI=1S/C8H5F11O3/c9-4(6(12,13)14,2-1-3(20)21)22-8(18,19)5(10,11)7(15,16)17/h1-2H2,(H,20,21)/t4-/m0/s1. The second-order valence-electron chi connectivity index (χ2n) is 3.81. The molecule has 0 bridgehead atoms. The Hall–Kier alpha value is -1.34. The zero-order chi connectivity index (χ0) is 18.2. The minimum atomic E-state index is -7.15. The van der Waals surface area contributed by atoms with Gasteiger partial charge < -0.3 is 5.11 Å². The van der Waals surface area contributed by atoms with Crippen molar-refractivity contribution in [1.29, 1.82) is 0 Å². The molecule has 0 rings (SSSR count). The molecule has 0 fully saturated rings. The first-order chi connectivity index (χ1) is 9.37. The molecule has 0 aliphatic heterocycles. The van der Waals surface area contributed by atoms with Crippen molar-refractivity contribution in [1.82, 2.24) is 0 Å². The SMILES string of the molecule is O=C(O)CC[C@](F)(OC(F)(F)C(F)(F)C(F)(F)F)C(F)(F)F. The van der Waals surface area contributed by atoms with Crippen molar-refractivity contribution in [3.63, 3.8) is 0 Å². The molecule has 0 spiro atoms. The summed E-state index contributed by atoms with van der Waals surface area (Å²) >= 11 is 0. The molecule has 0 aliphatic rings. The van der Waals surface area contributed by atoms with E-state index in [2.05, 4.69) is 4.74 Å². The van der Waals surface area contributed by atoms with Gasteiger partial charge in [0.1, 0.15) is 0 Å². The van der Waals surface area contributed by atoms with Crippen LogP contribution >= 0.6 is 0 Å². The fourth-order valence-electron chi connectivity index (χ4n) is 0.951. The van der Waals surface area contributed by atoms with E-state index in [0.717, 1.165) is 0 Å². The van der Waals surface area contributed by atoms with E-state index >= 15 is 0 Å². The van der Waals surface area contributed by atoms with Crippen LogP contribution in [0.25, 0.3) is 0 Å². The lowest BCUT2D eigenvalue weighted by atomic mass is 10.1. The quantitative estimate of drug-likeness (QED) is 0.733. The third-order valence-electron chi connectivity index (χ3n) is 2.10. The minimum absolute atomic E-state index is 1.83. The van der Waals surface area contributed by atoms with Gasteiger partial charge in [0, 0.05) is 6.42 Å². The summed E-state index contributed by atoms with van der Waals surface area (Å²) in [7, 11) is 0. The molecule has 0 unspecified atom stereocenters. The van der Waals surface area contributed by atoms with Crippen LogP contribution in [-0.4, -0.2) is 41.3 Å². The molecule has 0 aromatic heterocycles. The van der Waals surface area contributed by atoms with Crippen LogP contribution in [0, 0.1) is 0 Å². The monoisotopic (exact) mass is 358 g/mol. The molecule has 132 valence electrons. The van der Waals surface area contributed by atoms with Gasteiger partial charge in [0.2, 0.25) is 0 Å². The van der Waals surface area contributed by atoms with E-state index in [1.807, 2.05) is 0 Å². The number of hydrogen-bond donors (Lipinski definition) is 1. The van der Waals surface area contributed by atoms with Gasteiger partial charge >= 0.3 is 36.2 Å². The summed E-state index contributed by atoms with van der Waals surface area (Å²) in [5.74, 6) is -15.0. The van der Waals surface area contributed by atoms with Crippen LogP contribution in [0.5, 0.6) is 0 Å². The first-order valence-electron chi connectivity index (χ1n) is 4.87. The van der Waals surface area contributed by atoms with Crippen molar-refractivity contribution >= 4 is 5.97 Å². The summed E-state index contributed by atoms with van der Waals surface area (Å²) in [5, 5.41) is 8.02. The van der Waals surface area contributed by atoms with Crippen LogP contribution in [0.4, 0.5) is 48.3 Å². The fourth-order valence-corrected chi connectivity index (χ4v) is 0.951. The molecule has 3 nitrogen and oxygen atoms in total. The molecule has 0 aromatic carbocycles. The highest BCUT2D eigenvalue weighted by molar-refractivity contribution is 5.66. The summed E-state index contributed by atoms with van der Waals surface area (Å²) in [4.78, 5) is 9.99. The maximum atomic E-state index is 13.3. The van der Waals surface area contributed by atoms with Crippen LogP contribution in [0.1, 0.15) is 12.8 Å². The van der Waals surface area contributed by atoms with E-state index in [1.165, 1.54) is 0 Å². The number of ether oxygens (including phenoxy) is 1. The van der Waals surface area contributed by atoms with E-state index in [-0.39, 0.29) is 0 Å². The Morgan fingerprint density at radius 2 is 1.23 bits per heavy atom. The van der Waals surface area contributed by atoms with Crippen molar-refractivity contribution in [3.8, 4) is 0 Å². The normalized spacial score (nSPS) is 17.2. The zero-order valence-electron chi connectivity index (χ0n) is 9.84. The Bertz CT molecular complexity index is 413. The molecule has 22 heavy (non-hydrogen) atoms. The van der Waals surface area contributed by atoms with Gasteiger partial charge in [0.05, 0.1) is 6.42 Å². The molecule has 0 saturated heterocycles. The number of aliphatic carboxylic acids is 1. The lowest BCUT2D eigenvalue weighted by Crippen LogP contribution is -2.59. The number of hydrogen-bond acceptors (Lipinski definition) is 2. The summed E-state index contributed by atoms with van der Waals surface area (Å²) < 4.78 is 137. The molecule has 1 atom stereocenters. The van der Waals surface area contributed by atoms with E-state index in [4.69, 9.17) is 5.11 Å².